The summed E-state index contributed by atoms with van der Waals surface area (Å²) in [5.74, 6) is 0.0204. The average Bonchev–Trinajstić information content (AvgIpc) is 3.02. The Morgan fingerprint density at radius 2 is 1.53 bits per heavy atom. The SMILES string of the molecule is C[C@H]1O[C@@H](n2cnc3c(N)ncnc32)[C@H](OP(=O)([O-])[O-])[C@@H]1OP(=O)([O-])[O-].[NH4+].[NH4+].[NH4+].[NH4+]. The molecule has 3 rings (SSSR count). The number of phosphoric ester groups is 2. The number of aromatic nitrogens is 4. The molecule has 0 aromatic carbocycles. The van der Waals surface area contributed by atoms with E-state index in [1.807, 2.05) is 0 Å². The van der Waals surface area contributed by atoms with Gasteiger partial charge in [0.1, 0.15) is 24.1 Å². The number of ether oxygens (including phenoxy) is 1. The van der Waals surface area contributed by atoms with Crippen molar-refractivity contribution in [2.75, 3.05) is 5.73 Å². The number of anilines is 1. The molecule has 2 aromatic heterocycles. The maximum absolute atomic E-state index is 11.1. The van der Waals surface area contributed by atoms with Gasteiger partial charge in [0.05, 0.1) is 28.1 Å². The number of nitrogens with two attached hydrogens (primary N) is 1. The number of imidazole rings is 1. The largest absolute Gasteiger partial charge is 0.790 e. The van der Waals surface area contributed by atoms with Gasteiger partial charge in [-0.25, -0.2) is 15.0 Å². The molecule has 0 bridgehead atoms. The zero-order valence-electron chi connectivity index (χ0n) is 16.9. The van der Waals surface area contributed by atoms with Crippen molar-refractivity contribution < 1.29 is 42.5 Å². The summed E-state index contributed by atoms with van der Waals surface area (Å²) in [6.07, 6.45) is -3.72. The monoisotopic (exact) mass is 479 g/mol. The second-order valence-electron chi connectivity index (χ2n) is 5.35. The fourth-order valence-electron chi connectivity index (χ4n) is 2.64. The van der Waals surface area contributed by atoms with Crippen molar-refractivity contribution in [1.29, 1.82) is 0 Å². The van der Waals surface area contributed by atoms with E-state index in [1.54, 1.807) is 0 Å². The molecule has 1 aliphatic rings. The number of hydrogen-bond donors (Lipinski definition) is 5. The molecule has 18 N–H and O–H groups in total. The van der Waals surface area contributed by atoms with Gasteiger partial charge in [-0.3, -0.25) is 4.57 Å². The zero-order valence-corrected chi connectivity index (χ0v) is 18.7. The van der Waals surface area contributed by atoms with Crippen molar-refractivity contribution in [3.63, 3.8) is 0 Å². The lowest BCUT2D eigenvalue weighted by Gasteiger charge is -2.39. The van der Waals surface area contributed by atoms with Gasteiger partial charge in [-0.1, -0.05) is 0 Å². The van der Waals surface area contributed by atoms with Crippen LogP contribution in [-0.2, 0) is 22.9 Å². The summed E-state index contributed by atoms with van der Waals surface area (Å²) in [5.41, 5.74) is 5.91. The van der Waals surface area contributed by atoms with E-state index in [1.165, 1.54) is 6.92 Å². The topological polar surface area (TPSA) is 370 Å². The quantitative estimate of drug-likeness (QED) is 0.297. The first kappa shape index (κ1) is 30.6. The molecule has 0 saturated carbocycles. The van der Waals surface area contributed by atoms with Gasteiger partial charge in [0.25, 0.3) is 0 Å². The summed E-state index contributed by atoms with van der Waals surface area (Å²) in [4.78, 5) is 55.7. The van der Waals surface area contributed by atoms with Crippen LogP contribution in [0.5, 0.6) is 0 Å². The van der Waals surface area contributed by atoms with Crippen LogP contribution in [0.2, 0.25) is 0 Å². The molecule has 1 fully saturated rings. The predicted molar refractivity (Wildman–Crippen MR) is 98.2 cm³/mol. The normalized spacial score (nSPS) is 23.6. The molecule has 176 valence electrons. The van der Waals surface area contributed by atoms with E-state index in [0.717, 1.165) is 17.2 Å². The van der Waals surface area contributed by atoms with Gasteiger partial charge in [-0.2, -0.15) is 0 Å². The maximum Gasteiger partial charge on any atom is 0.167 e. The highest BCUT2D eigenvalue weighted by molar-refractivity contribution is 7.43. The van der Waals surface area contributed by atoms with Crippen LogP contribution in [0.3, 0.4) is 0 Å². The van der Waals surface area contributed by atoms with Crippen molar-refractivity contribution in [1.82, 2.24) is 44.1 Å². The summed E-state index contributed by atoms with van der Waals surface area (Å²) in [6.45, 7) is 1.31. The van der Waals surface area contributed by atoms with Gasteiger partial charge in [0.15, 0.2) is 17.7 Å². The number of fused-ring (bicyclic) bond motifs is 1. The number of hydrogen-bond acceptors (Lipinski definition) is 13. The van der Waals surface area contributed by atoms with Crippen molar-refractivity contribution in [2.45, 2.75) is 31.5 Å². The third-order valence-corrected chi connectivity index (χ3v) is 4.59. The van der Waals surface area contributed by atoms with E-state index in [9.17, 15) is 28.7 Å². The van der Waals surface area contributed by atoms with Crippen LogP contribution < -0.4 is 49.9 Å². The van der Waals surface area contributed by atoms with E-state index in [2.05, 4.69) is 24.0 Å². The molecule has 0 radical (unpaired) electrons. The number of quaternary nitrogens is 4. The third kappa shape index (κ3) is 6.43. The molecule has 0 spiro atoms. The molecule has 0 aliphatic carbocycles. The number of rotatable bonds is 5. The van der Waals surface area contributed by atoms with Crippen LogP contribution in [0.15, 0.2) is 12.7 Å². The van der Waals surface area contributed by atoms with E-state index in [4.69, 9.17) is 10.5 Å². The standard InChI is InChI=1S/C10H15N5O9P2.4H3N/c1-4-6(23-25(16,17)18)7(24-26(19,20)21)10(22-4)15-3-14-5-8(11)12-2-13-9(5)15;;;;/h2-4,6-7,10H,1H3,(H2,11,12,13)(H2,16,17,18)(H2,19,20,21);4*1H3/t4-,6-,7-,10-;;;;/m1..../s1. The fourth-order valence-corrected chi connectivity index (χ4v) is 3.75. The number of phosphoric acid groups is 2. The number of nitrogens with zero attached hydrogens (tertiary/aromatic N) is 4. The number of nitrogen functional groups attached to an aromatic ring is 1. The summed E-state index contributed by atoms with van der Waals surface area (Å²) >= 11 is 0. The maximum atomic E-state index is 11.1. The molecule has 18 nitrogen and oxygen atoms in total. The lowest BCUT2D eigenvalue weighted by Crippen LogP contribution is -2.39. The zero-order chi connectivity index (χ0) is 19.3. The van der Waals surface area contributed by atoms with Crippen LogP contribution in [0.4, 0.5) is 5.82 Å². The Morgan fingerprint density at radius 3 is 2.07 bits per heavy atom. The Morgan fingerprint density at radius 1 is 1.00 bits per heavy atom. The summed E-state index contributed by atoms with van der Waals surface area (Å²) in [6, 6.07) is 0. The van der Waals surface area contributed by atoms with Crippen LogP contribution in [0.25, 0.3) is 11.2 Å². The first-order valence-electron chi connectivity index (χ1n) is 6.95. The second-order valence-corrected chi connectivity index (χ2v) is 7.56. The molecule has 1 aliphatic heterocycles. The van der Waals surface area contributed by atoms with Gasteiger partial charge >= 0.3 is 0 Å². The first-order chi connectivity index (χ1) is 12.0. The third-order valence-electron chi connectivity index (χ3n) is 3.58. The molecular formula is C10H27N9O9P2. The molecule has 20 heteroatoms. The molecular weight excluding hydrogens is 452 g/mol. The summed E-state index contributed by atoms with van der Waals surface area (Å²) in [5, 5.41) is 0. The van der Waals surface area contributed by atoms with Crippen molar-refractivity contribution in [2.24, 2.45) is 0 Å². The van der Waals surface area contributed by atoms with Crippen molar-refractivity contribution in [3.8, 4) is 0 Å². The van der Waals surface area contributed by atoms with Crippen LogP contribution in [0, 0.1) is 0 Å². The van der Waals surface area contributed by atoms with Gasteiger partial charge in [0, 0.05) is 0 Å². The summed E-state index contributed by atoms with van der Waals surface area (Å²) < 4.78 is 37.4. The van der Waals surface area contributed by atoms with E-state index in [-0.39, 0.29) is 41.6 Å². The Kier molecular flexibility index (Phi) is 10.8. The minimum Gasteiger partial charge on any atom is -0.790 e. The molecule has 0 amide bonds. The highest BCUT2D eigenvalue weighted by Gasteiger charge is 2.47. The molecule has 30 heavy (non-hydrogen) atoms. The van der Waals surface area contributed by atoms with E-state index < -0.39 is 40.2 Å². The molecule has 3 heterocycles. The van der Waals surface area contributed by atoms with Gasteiger partial charge < -0.3 is 72.8 Å². The first-order valence-corrected chi connectivity index (χ1v) is 9.88. The second kappa shape index (κ2) is 10.6. The molecule has 2 aromatic rings. The van der Waals surface area contributed by atoms with Crippen LogP contribution >= 0.6 is 15.6 Å². The Balaban J connectivity index is 0. The molecule has 4 atom stereocenters. The Labute approximate surface area is 170 Å². The van der Waals surface area contributed by atoms with Crippen LogP contribution in [0.1, 0.15) is 13.2 Å². The minimum absolute atomic E-state index is 0. The molecule has 0 unspecified atom stereocenters. The van der Waals surface area contributed by atoms with E-state index in [0.29, 0.717) is 0 Å². The van der Waals surface area contributed by atoms with Crippen LogP contribution in [-0.4, -0.2) is 37.8 Å². The Hall–Kier alpha value is -1.63. The minimum atomic E-state index is -5.60. The van der Waals surface area contributed by atoms with Crippen molar-refractivity contribution >= 4 is 32.6 Å². The fraction of sp³-hybridized carbons (Fsp3) is 0.500. The lowest BCUT2D eigenvalue weighted by atomic mass is 10.1. The average molecular weight is 479 g/mol. The van der Waals surface area contributed by atoms with Crippen molar-refractivity contribution in [3.05, 3.63) is 12.7 Å². The van der Waals surface area contributed by atoms with E-state index >= 15 is 0 Å². The highest BCUT2D eigenvalue weighted by atomic mass is 31.2. The highest BCUT2D eigenvalue weighted by Crippen LogP contribution is 2.45. The predicted octanol–water partition coefficient (Wildman–Crippen LogP) is -1.74. The smallest absolute Gasteiger partial charge is 0.167 e. The Bertz CT molecular complexity index is 918. The molecule has 1 saturated heterocycles. The lowest BCUT2D eigenvalue weighted by molar-refractivity contribution is -0.356. The summed E-state index contributed by atoms with van der Waals surface area (Å²) in [7, 11) is -11.1. The van der Waals surface area contributed by atoms with Gasteiger partial charge in [-0.15, -0.1) is 0 Å². The van der Waals surface area contributed by atoms with Gasteiger partial charge in [-0.05, 0) is 6.92 Å². The van der Waals surface area contributed by atoms with Gasteiger partial charge in [0.2, 0.25) is 0 Å².